The van der Waals surface area contributed by atoms with Crippen molar-refractivity contribution < 1.29 is 5.11 Å². The Bertz CT molecular complexity index is 422. The molecule has 1 saturated carbocycles. The van der Waals surface area contributed by atoms with Gasteiger partial charge in [-0.2, -0.15) is 5.10 Å². The fourth-order valence-corrected chi connectivity index (χ4v) is 3.13. The smallest absolute Gasteiger partial charge is 0.0738 e. The molecule has 0 bridgehead atoms. The summed E-state index contributed by atoms with van der Waals surface area (Å²) in [6, 6.07) is 0.256. The summed E-state index contributed by atoms with van der Waals surface area (Å²) in [5.41, 5.74) is 7.38. The summed E-state index contributed by atoms with van der Waals surface area (Å²) < 4.78 is 3.01. The fraction of sp³-hybridized carbons (Fsp3) is 0.769. The summed E-state index contributed by atoms with van der Waals surface area (Å²) in [7, 11) is 0. The van der Waals surface area contributed by atoms with Gasteiger partial charge in [0.25, 0.3) is 0 Å². The molecule has 102 valence electrons. The molecule has 0 spiro atoms. The van der Waals surface area contributed by atoms with E-state index < -0.39 is 5.60 Å². The van der Waals surface area contributed by atoms with Crippen molar-refractivity contribution >= 4 is 15.9 Å². The van der Waals surface area contributed by atoms with Gasteiger partial charge in [-0.3, -0.25) is 4.68 Å². The zero-order valence-corrected chi connectivity index (χ0v) is 12.7. The van der Waals surface area contributed by atoms with Crippen molar-refractivity contribution in [2.24, 2.45) is 5.73 Å². The Labute approximate surface area is 117 Å². The summed E-state index contributed by atoms with van der Waals surface area (Å²) in [5, 5.41) is 15.2. The third kappa shape index (κ3) is 2.78. The summed E-state index contributed by atoms with van der Waals surface area (Å²) in [4.78, 5) is 0. The number of aromatic nitrogens is 2. The second kappa shape index (κ2) is 5.31. The van der Waals surface area contributed by atoms with Crippen molar-refractivity contribution in [1.82, 2.24) is 9.78 Å². The number of nitrogens with two attached hydrogens (primary N) is 1. The highest BCUT2D eigenvalue weighted by Crippen LogP contribution is 2.33. The van der Waals surface area contributed by atoms with E-state index in [0.29, 0.717) is 6.42 Å². The molecule has 1 aromatic rings. The van der Waals surface area contributed by atoms with Crippen molar-refractivity contribution in [3.8, 4) is 0 Å². The van der Waals surface area contributed by atoms with E-state index in [9.17, 15) is 5.11 Å². The predicted octanol–water partition coefficient (Wildman–Crippen LogP) is 2.15. The van der Waals surface area contributed by atoms with E-state index in [4.69, 9.17) is 5.73 Å². The van der Waals surface area contributed by atoms with E-state index >= 15 is 0 Å². The van der Waals surface area contributed by atoms with E-state index in [0.717, 1.165) is 48.1 Å². The first-order chi connectivity index (χ1) is 8.45. The van der Waals surface area contributed by atoms with Crippen molar-refractivity contribution in [3.05, 3.63) is 15.9 Å². The highest BCUT2D eigenvalue weighted by molar-refractivity contribution is 9.10. The van der Waals surface area contributed by atoms with Crippen LogP contribution in [0.15, 0.2) is 4.47 Å². The van der Waals surface area contributed by atoms with Crippen LogP contribution < -0.4 is 5.73 Å². The maximum Gasteiger partial charge on any atom is 0.0738 e. The number of rotatable bonds is 3. The minimum Gasteiger partial charge on any atom is -0.389 e. The van der Waals surface area contributed by atoms with Gasteiger partial charge in [0, 0.05) is 19.0 Å². The van der Waals surface area contributed by atoms with Crippen molar-refractivity contribution in [1.29, 1.82) is 0 Å². The van der Waals surface area contributed by atoms with Crippen LogP contribution in [0.1, 0.15) is 44.0 Å². The number of nitrogens with zero attached hydrogens (tertiary/aromatic N) is 2. The lowest BCUT2D eigenvalue weighted by atomic mass is 9.79. The van der Waals surface area contributed by atoms with Crippen LogP contribution in [0.4, 0.5) is 0 Å². The lowest BCUT2D eigenvalue weighted by molar-refractivity contribution is -0.00158. The second-order valence-corrected chi connectivity index (χ2v) is 6.19. The van der Waals surface area contributed by atoms with Crippen LogP contribution in [0.5, 0.6) is 0 Å². The van der Waals surface area contributed by atoms with E-state index in [-0.39, 0.29) is 6.04 Å². The third-order valence-electron chi connectivity index (χ3n) is 3.91. The average molecular weight is 316 g/mol. The second-order valence-electron chi connectivity index (χ2n) is 5.40. The molecule has 1 aromatic heterocycles. The maximum absolute atomic E-state index is 10.7. The first-order valence-electron chi connectivity index (χ1n) is 6.65. The van der Waals surface area contributed by atoms with E-state index in [2.05, 4.69) is 28.0 Å². The van der Waals surface area contributed by atoms with Crippen LogP contribution >= 0.6 is 15.9 Å². The Balaban J connectivity index is 2.18. The number of hydrogen-bond acceptors (Lipinski definition) is 3. The van der Waals surface area contributed by atoms with E-state index in [1.807, 2.05) is 11.6 Å². The predicted molar refractivity (Wildman–Crippen MR) is 75.4 cm³/mol. The zero-order chi connectivity index (χ0) is 13.3. The van der Waals surface area contributed by atoms with Crippen LogP contribution in [0.2, 0.25) is 0 Å². The molecule has 1 fully saturated rings. The molecule has 2 rings (SSSR count). The molecular formula is C13H22BrN3O. The van der Waals surface area contributed by atoms with Gasteiger partial charge in [-0.05, 0) is 55.5 Å². The van der Waals surface area contributed by atoms with Crippen molar-refractivity contribution in [2.45, 2.75) is 64.1 Å². The van der Waals surface area contributed by atoms with Gasteiger partial charge in [0.2, 0.25) is 0 Å². The lowest BCUT2D eigenvalue weighted by Crippen LogP contribution is -2.41. The molecule has 0 aliphatic heterocycles. The van der Waals surface area contributed by atoms with Gasteiger partial charge in [0.15, 0.2) is 0 Å². The van der Waals surface area contributed by atoms with Gasteiger partial charge in [-0.1, -0.05) is 0 Å². The van der Waals surface area contributed by atoms with Crippen LogP contribution in [0.3, 0.4) is 0 Å². The Kier molecular flexibility index (Phi) is 4.14. The van der Waals surface area contributed by atoms with Gasteiger partial charge in [0.05, 0.1) is 21.5 Å². The molecule has 5 heteroatoms. The molecule has 1 aliphatic carbocycles. The zero-order valence-electron chi connectivity index (χ0n) is 11.1. The average Bonchev–Trinajstić information content (AvgIpc) is 2.61. The highest BCUT2D eigenvalue weighted by atomic mass is 79.9. The Morgan fingerprint density at radius 1 is 1.50 bits per heavy atom. The monoisotopic (exact) mass is 315 g/mol. The molecule has 3 N–H and O–H groups in total. The topological polar surface area (TPSA) is 64.1 Å². The van der Waals surface area contributed by atoms with Gasteiger partial charge in [0.1, 0.15) is 0 Å². The van der Waals surface area contributed by atoms with Gasteiger partial charge < -0.3 is 10.8 Å². The molecule has 0 saturated heterocycles. The number of hydrogen-bond donors (Lipinski definition) is 2. The quantitative estimate of drug-likeness (QED) is 0.898. The Morgan fingerprint density at radius 3 is 2.67 bits per heavy atom. The number of aliphatic hydroxyl groups is 1. The van der Waals surface area contributed by atoms with Gasteiger partial charge in [-0.25, -0.2) is 0 Å². The van der Waals surface area contributed by atoms with Crippen LogP contribution in [0.25, 0.3) is 0 Å². The molecule has 18 heavy (non-hydrogen) atoms. The molecule has 0 aromatic carbocycles. The van der Waals surface area contributed by atoms with Crippen LogP contribution in [-0.2, 0) is 13.0 Å². The summed E-state index contributed by atoms with van der Waals surface area (Å²) in [5.74, 6) is 0. The molecule has 0 atom stereocenters. The summed E-state index contributed by atoms with van der Waals surface area (Å²) >= 11 is 3.59. The fourth-order valence-electron chi connectivity index (χ4n) is 2.70. The van der Waals surface area contributed by atoms with E-state index in [1.54, 1.807) is 0 Å². The van der Waals surface area contributed by atoms with Crippen LogP contribution in [0, 0.1) is 6.92 Å². The third-order valence-corrected chi connectivity index (χ3v) is 4.94. The van der Waals surface area contributed by atoms with Gasteiger partial charge in [-0.15, -0.1) is 0 Å². The molecule has 0 unspecified atom stereocenters. The van der Waals surface area contributed by atoms with Crippen molar-refractivity contribution in [3.63, 3.8) is 0 Å². The largest absolute Gasteiger partial charge is 0.389 e. The molecule has 1 heterocycles. The van der Waals surface area contributed by atoms with Crippen molar-refractivity contribution in [2.75, 3.05) is 0 Å². The van der Waals surface area contributed by atoms with Crippen LogP contribution in [-0.4, -0.2) is 26.5 Å². The minimum absolute atomic E-state index is 0.256. The standard InChI is InChI=1S/C13H22BrN3O/c1-3-17-11(12(14)9(2)16-17)8-13(18)6-4-10(15)5-7-13/h10,18H,3-8,15H2,1-2H3. The molecule has 1 aliphatic rings. The summed E-state index contributed by atoms with van der Waals surface area (Å²) in [6.07, 6.45) is 4.05. The molecule has 4 nitrogen and oxygen atoms in total. The Morgan fingerprint density at radius 2 is 2.11 bits per heavy atom. The maximum atomic E-state index is 10.7. The number of halogens is 1. The first kappa shape index (κ1) is 14.0. The van der Waals surface area contributed by atoms with E-state index in [1.165, 1.54) is 0 Å². The lowest BCUT2D eigenvalue weighted by Gasteiger charge is -2.35. The SMILES string of the molecule is CCn1nc(C)c(Br)c1CC1(O)CCC(N)CC1. The Hall–Kier alpha value is -0.390. The summed E-state index contributed by atoms with van der Waals surface area (Å²) in [6.45, 7) is 4.89. The van der Waals surface area contributed by atoms with Gasteiger partial charge >= 0.3 is 0 Å². The minimum atomic E-state index is -0.613. The molecular weight excluding hydrogens is 294 g/mol. The molecule has 0 radical (unpaired) electrons. The highest BCUT2D eigenvalue weighted by Gasteiger charge is 2.34. The first-order valence-corrected chi connectivity index (χ1v) is 7.44. The normalized spacial score (nSPS) is 28.6. The molecule has 0 amide bonds. The number of aryl methyl sites for hydroxylation is 2.